The summed E-state index contributed by atoms with van der Waals surface area (Å²) in [6.07, 6.45) is 2.60. The molecule has 1 atom stereocenters. The van der Waals surface area contributed by atoms with Crippen molar-refractivity contribution in [2.45, 2.75) is 19.4 Å². The van der Waals surface area contributed by atoms with Gasteiger partial charge in [0.25, 0.3) is 0 Å². The highest BCUT2D eigenvalue weighted by atomic mass is 32.1. The molecule has 0 saturated heterocycles. The van der Waals surface area contributed by atoms with Crippen molar-refractivity contribution in [3.05, 3.63) is 46.4 Å². The number of anilines is 1. The summed E-state index contributed by atoms with van der Waals surface area (Å²) in [5.74, 6) is 0. The average molecular weight is 248 g/mol. The smallest absolute Gasteiger partial charge is 0.0795 e. The van der Waals surface area contributed by atoms with Crippen LogP contribution in [0.4, 0.5) is 5.69 Å². The molecule has 1 heterocycles. The molecule has 1 aromatic carbocycles. The van der Waals surface area contributed by atoms with Crippen LogP contribution in [0.3, 0.4) is 0 Å². The third kappa shape index (κ3) is 3.28. The molecule has 2 rings (SSSR count). The number of benzene rings is 1. The number of nitrogens with one attached hydrogen (secondary N) is 1. The second-order valence-electron chi connectivity index (χ2n) is 3.94. The zero-order chi connectivity index (χ0) is 12.1. The van der Waals surface area contributed by atoms with E-state index in [-0.39, 0.29) is 12.6 Å². The van der Waals surface area contributed by atoms with Gasteiger partial charge in [-0.2, -0.15) is 0 Å². The van der Waals surface area contributed by atoms with Crippen molar-refractivity contribution in [1.29, 1.82) is 0 Å². The van der Waals surface area contributed by atoms with Gasteiger partial charge in [-0.1, -0.05) is 12.1 Å². The molecule has 0 fully saturated rings. The van der Waals surface area contributed by atoms with Gasteiger partial charge in [0.1, 0.15) is 0 Å². The van der Waals surface area contributed by atoms with Crippen molar-refractivity contribution in [3.8, 4) is 0 Å². The van der Waals surface area contributed by atoms with Gasteiger partial charge in [0.2, 0.25) is 0 Å². The molecular formula is C13H16N2OS. The maximum absolute atomic E-state index is 8.84. The minimum atomic E-state index is 0.198. The first-order valence-electron chi connectivity index (χ1n) is 5.64. The van der Waals surface area contributed by atoms with Crippen LogP contribution in [0.25, 0.3) is 0 Å². The van der Waals surface area contributed by atoms with Gasteiger partial charge in [0, 0.05) is 23.4 Å². The normalized spacial score (nSPS) is 12.4. The fourth-order valence-electron chi connectivity index (χ4n) is 1.66. The molecular weight excluding hydrogens is 232 g/mol. The lowest BCUT2D eigenvalue weighted by Gasteiger charge is -2.13. The monoisotopic (exact) mass is 248 g/mol. The zero-order valence-corrected chi connectivity index (χ0v) is 10.6. The third-order valence-electron chi connectivity index (χ3n) is 2.62. The van der Waals surface area contributed by atoms with Crippen molar-refractivity contribution < 1.29 is 5.11 Å². The molecule has 4 heteroatoms. The molecule has 0 aliphatic carbocycles. The van der Waals surface area contributed by atoms with E-state index in [1.165, 1.54) is 4.88 Å². The highest BCUT2D eigenvalue weighted by molar-refractivity contribution is 7.09. The summed E-state index contributed by atoms with van der Waals surface area (Å²) in [6, 6.07) is 8.44. The molecule has 0 spiro atoms. The minimum absolute atomic E-state index is 0.198. The predicted octanol–water partition coefficient (Wildman–Crippen LogP) is 2.85. The molecule has 1 unspecified atom stereocenters. The van der Waals surface area contributed by atoms with Crippen LogP contribution in [0.5, 0.6) is 0 Å². The van der Waals surface area contributed by atoms with Crippen LogP contribution in [-0.2, 0) is 6.42 Å². The number of aliphatic hydroxyl groups is 1. The van der Waals surface area contributed by atoms with Gasteiger partial charge in [-0.3, -0.25) is 4.98 Å². The van der Waals surface area contributed by atoms with Crippen LogP contribution >= 0.6 is 11.3 Å². The SMILES string of the molecule is CC(Nc1ccc(CCO)cc1)c1cncs1. The molecule has 2 aromatic rings. The fourth-order valence-corrected chi connectivity index (χ4v) is 2.29. The second-order valence-corrected chi connectivity index (χ2v) is 4.86. The molecule has 1 aromatic heterocycles. The molecule has 0 amide bonds. The average Bonchev–Trinajstić information content (AvgIpc) is 2.86. The first-order valence-corrected chi connectivity index (χ1v) is 6.52. The Bertz CT molecular complexity index is 439. The van der Waals surface area contributed by atoms with Crippen molar-refractivity contribution in [2.24, 2.45) is 0 Å². The number of thiazole rings is 1. The largest absolute Gasteiger partial charge is 0.396 e. The fraction of sp³-hybridized carbons (Fsp3) is 0.308. The van der Waals surface area contributed by atoms with E-state index in [0.29, 0.717) is 6.42 Å². The highest BCUT2D eigenvalue weighted by Gasteiger charge is 2.06. The van der Waals surface area contributed by atoms with Gasteiger partial charge in [-0.05, 0) is 31.0 Å². The summed E-state index contributed by atoms with van der Waals surface area (Å²) in [6.45, 7) is 2.32. The Balaban J connectivity index is 1.99. The lowest BCUT2D eigenvalue weighted by molar-refractivity contribution is 0.299. The maximum atomic E-state index is 8.84. The van der Waals surface area contributed by atoms with Crippen molar-refractivity contribution >= 4 is 17.0 Å². The number of rotatable bonds is 5. The Hall–Kier alpha value is -1.39. The molecule has 0 radical (unpaired) electrons. The van der Waals surface area contributed by atoms with E-state index in [0.717, 1.165) is 11.3 Å². The summed E-state index contributed by atoms with van der Waals surface area (Å²) >= 11 is 1.65. The van der Waals surface area contributed by atoms with Crippen molar-refractivity contribution in [1.82, 2.24) is 4.98 Å². The minimum Gasteiger partial charge on any atom is -0.396 e. The molecule has 0 saturated carbocycles. The third-order valence-corrected chi connectivity index (χ3v) is 3.57. The van der Waals surface area contributed by atoms with Crippen LogP contribution in [0.2, 0.25) is 0 Å². The van der Waals surface area contributed by atoms with Crippen molar-refractivity contribution in [2.75, 3.05) is 11.9 Å². The summed E-state index contributed by atoms with van der Waals surface area (Å²) in [4.78, 5) is 5.30. The molecule has 17 heavy (non-hydrogen) atoms. The molecule has 3 nitrogen and oxygen atoms in total. The van der Waals surface area contributed by atoms with E-state index in [4.69, 9.17) is 5.11 Å². The Morgan fingerprint density at radius 2 is 2.12 bits per heavy atom. The standard InChI is InChI=1S/C13H16N2OS/c1-10(13-8-14-9-17-13)15-12-4-2-11(3-5-12)6-7-16/h2-5,8-10,15-16H,6-7H2,1H3. The van der Waals surface area contributed by atoms with Crippen LogP contribution < -0.4 is 5.32 Å². The predicted molar refractivity (Wildman–Crippen MR) is 71.4 cm³/mol. The Kier molecular flexibility index (Phi) is 4.12. The number of aromatic nitrogens is 1. The number of aliphatic hydroxyl groups excluding tert-OH is 1. The highest BCUT2D eigenvalue weighted by Crippen LogP contribution is 2.22. The van der Waals surface area contributed by atoms with Gasteiger partial charge >= 0.3 is 0 Å². The van der Waals surface area contributed by atoms with Crippen LogP contribution in [-0.4, -0.2) is 16.7 Å². The van der Waals surface area contributed by atoms with Crippen molar-refractivity contribution in [3.63, 3.8) is 0 Å². The second kappa shape index (κ2) is 5.80. The van der Waals surface area contributed by atoms with Gasteiger partial charge < -0.3 is 10.4 Å². The molecule has 2 N–H and O–H groups in total. The number of hydrogen-bond donors (Lipinski definition) is 2. The summed E-state index contributed by atoms with van der Waals surface area (Å²) in [5.41, 5.74) is 4.09. The summed E-state index contributed by atoms with van der Waals surface area (Å²) < 4.78 is 0. The number of hydrogen-bond acceptors (Lipinski definition) is 4. The van der Waals surface area contributed by atoms with E-state index in [1.807, 2.05) is 36.0 Å². The Morgan fingerprint density at radius 1 is 1.35 bits per heavy atom. The molecule has 0 aliphatic rings. The Morgan fingerprint density at radius 3 is 2.71 bits per heavy atom. The lowest BCUT2D eigenvalue weighted by Crippen LogP contribution is -2.04. The van der Waals surface area contributed by atoms with Gasteiger partial charge in [-0.25, -0.2) is 0 Å². The summed E-state index contributed by atoms with van der Waals surface area (Å²) in [7, 11) is 0. The molecule has 90 valence electrons. The van der Waals surface area contributed by atoms with E-state index < -0.39 is 0 Å². The lowest BCUT2D eigenvalue weighted by atomic mass is 10.1. The van der Waals surface area contributed by atoms with E-state index in [1.54, 1.807) is 11.3 Å². The van der Waals surface area contributed by atoms with Gasteiger partial charge in [-0.15, -0.1) is 11.3 Å². The van der Waals surface area contributed by atoms with Crippen LogP contribution in [0, 0.1) is 0 Å². The summed E-state index contributed by atoms with van der Waals surface area (Å²) in [5, 5.41) is 12.3. The molecule has 0 aliphatic heterocycles. The topological polar surface area (TPSA) is 45.1 Å². The zero-order valence-electron chi connectivity index (χ0n) is 9.76. The Labute approximate surface area is 105 Å². The van der Waals surface area contributed by atoms with E-state index in [9.17, 15) is 0 Å². The first-order chi connectivity index (χ1) is 8.29. The molecule has 0 bridgehead atoms. The van der Waals surface area contributed by atoms with Gasteiger partial charge in [0.15, 0.2) is 0 Å². The van der Waals surface area contributed by atoms with E-state index in [2.05, 4.69) is 17.2 Å². The quantitative estimate of drug-likeness (QED) is 0.855. The number of nitrogens with zero attached hydrogens (tertiary/aromatic N) is 1. The van der Waals surface area contributed by atoms with Crippen LogP contribution in [0.15, 0.2) is 36.0 Å². The van der Waals surface area contributed by atoms with Gasteiger partial charge in [0.05, 0.1) is 11.6 Å². The maximum Gasteiger partial charge on any atom is 0.0795 e. The van der Waals surface area contributed by atoms with Crippen LogP contribution in [0.1, 0.15) is 23.4 Å². The first kappa shape index (κ1) is 12.1. The van der Waals surface area contributed by atoms with E-state index >= 15 is 0 Å².